The van der Waals surface area contributed by atoms with Gasteiger partial charge in [0.1, 0.15) is 0 Å². The first-order valence-electron chi connectivity index (χ1n) is 6.54. The first-order chi connectivity index (χ1) is 8.67. The molecular weight excluding hydrogens is 371 g/mol. The lowest BCUT2D eigenvalue weighted by Crippen LogP contribution is -2.38. The van der Waals surface area contributed by atoms with Crippen LogP contribution in [0.15, 0.2) is 4.99 Å². The van der Waals surface area contributed by atoms with Crippen molar-refractivity contribution in [1.82, 2.24) is 15.6 Å². The second-order valence-corrected chi connectivity index (χ2v) is 5.56. The van der Waals surface area contributed by atoms with Crippen molar-refractivity contribution in [1.29, 1.82) is 0 Å². The molecule has 0 fully saturated rings. The number of nitrogens with zero attached hydrogens (tertiary/aromatic N) is 2. The second-order valence-electron chi connectivity index (χ2n) is 4.27. The van der Waals surface area contributed by atoms with Gasteiger partial charge in [-0.3, -0.25) is 4.99 Å². The number of nitrogens with one attached hydrogen (secondary N) is 2. The topological polar surface area (TPSA) is 49.3 Å². The van der Waals surface area contributed by atoms with Crippen LogP contribution in [0.1, 0.15) is 35.3 Å². The SMILES string of the molecule is CCCCNC(=NC)NCCc1sc(C)nc1C.I. The number of aryl methyl sites for hydroxylation is 2. The van der Waals surface area contributed by atoms with Crippen molar-refractivity contribution in [2.24, 2.45) is 4.99 Å². The predicted molar refractivity (Wildman–Crippen MR) is 95.0 cm³/mol. The number of hydrogen-bond acceptors (Lipinski definition) is 3. The van der Waals surface area contributed by atoms with Crippen LogP contribution in [0.5, 0.6) is 0 Å². The van der Waals surface area contributed by atoms with Gasteiger partial charge in [0.2, 0.25) is 0 Å². The Labute approximate surface area is 137 Å². The number of halogens is 1. The van der Waals surface area contributed by atoms with Gasteiger partial charge >= 0.3 is 0 Å². The minimum Gasteiger partial charge on any atom is -0.356 e. The quantitative estimate of drug-likeness (QED) is 0.337. The van der Waals surface area contributed by atoms with Gasteiger partial charge in [0.15, 0.2) is 5.96 Å². The standard InChI is InChI=1S/C13H24N4S.HI/c1-5-6-8-15-13(14-4)16-9-7-12-10(2)17-11(3)18-12;/h5-9H2,1-4H3,(H2,14,15,16);1H. The zero-order valence-electron chi connectivity index (χ0n) is 12.2. The smallest absolute Gasteiger partial charge is 0.190 e. The van der Waals surface area contributed by atoms with E-state index in [-0.39, 0.29) is 24.0 Å². The number of rotatable bonds is 6. The van der Waals surface area contributed by atoms with Crippen LogP contribution in [-0.2, 0) is 6.42 Å². The molecule has 0 saturated carbocycles. The van der Waals surface area contributed by atoms with Gasteiger partial charge in [-0.15, -0.1) is 35.3 Å². The van der Waals surface area contributed by atoms with Crippen LogP contribution in [0.25, 0.3) is 0 Å². The van der Waals surface area contributed by atoms with E-state index in [0.29, 0.717) is 0 Å². The Morgan fingerprint density at radius 3 is 2.47 bits per heavy atom. The van der Waals surface area contributed by atoms with Crippen molar-refractivity contribution in [3.63, 3.8) is 0 Å². The fourth-order valence-corrected chi connectivity index (χ4v) is 2.64. The molecule has 2 N–H and O–H groups in total. The summed E-state index contributed by atoms with van der Waals surface area (Å²) in [5.41, 5.74) is 1.16. The normalized spacial score (nSPS) is 11.1. The number of unbranched alkanes of at least 4 members (excludes halogenated alkanes) is 1. The van der Waals surface area contributed by atoms with Gasteiger partial charge in [0.05, 0.1) is 10.7 Å². The molecule has 0 amide bonds. The molecule has 0 saturated heterocycles. The minimum absolute atomic E-state index is 0. The first kappa shape index (κ1) is 18.6. The summed E-state index contributed by atoms with van der Waals surface area (Å²) in [5, 5.41) is 7.78. The Balaban J connectivity index is 0.00000324. The highest BCUT2D eigenvalue weighted by molar-refractivity contribution is 14.0. The molecule has 1 rings (SSSR count). The highest BCUT2D eigenvalue weighted by Crippen LogP contribution is 2.16. The van der Waals surface area contributed by atoms with E-state index < -0.39 is 0 Å². The summed E-state index contributed by atoms with van der Waals surface area (Å²) in [7, 11) is 1.81. The van der Waals surface area contributed by atoms with E-state index in [2.05, 4.69) is 41.4 Å². The van der Waals surface area contributed by atoms with Crippen molar-refractivity contribution in [3.8, 4) is 0 Å². The van der Waals surface area contributed by atoms with Crippen LogP contribution in [0.3, 0.4) is 0 Å². The monoisotopic (exact) mass is 396 g/mol. The van der Waals surface area contributed by atoms with E-state index >= 15 is 0 Å². The Bertz CT molecular complexity index is 390. The van der Waals surface area contributed by atoms with Crippen molar-refractivity contribution < 1.29 is 0 Å². The second kappa shape index (κ2) is 10.4. The molecule has 6 heteroatoms. The van der Waals surface area contributed by atoms with Gasteiger partial charge in [-0.25, -0.2) is 4.98 Å². The summed E-state index contributed by atoms with van der Waals surface area (Å²) in [6.07, 6.45) is 3.38. The molecule has 0 bridgehead atoms. The number of hydrogen-bond donors (Lipinski definition) is 2. The zero-order valence-corrected chi connectivity index (χ0v) is 15.4. The zero-order chi connectivity index (χ0) is 13.4. The van der Waals surface area contributed by atoms with E-state index in [9.17, 15) is 0 Å². The average molecular weight is 396 g/mol. The average Bonchev–Trinajstić information content (AvgIpc) is 2.66. The van der Waals surface area contributed by atoms with Crippen molar-refractivity contribution >= 4 is 41.3 Å². The van der Waals surface area contributed by atoms with Crippen LogP contribution < -0.4 is 10.6 Å². The highest BCUT2D eigenvalue weighted by Gasteiger charge is 2.04. The number of aromatic nitrogens is 1. The van der Waals surface area contributed by atoms with Crippen LogP contribution in [0.2, 0.25) is 0 Å². The lowest BCUT2D eigenvalue weighted by Gasteiger charge is -2.10. The molecule has 0 aliphatic rings. The third-order valence-electron chi connectivity index (χ3n) is 2.69. The fourth-order valence-electron chi connectivity index (χ4n) is 1.70. The molecule has 1 aromatic heterocycles. The largest absolute Gasteiger partial charge is 0.356 e. The number of guanidine groups is 1. The molecule has 110 valence electrons. The van der Waals surface area contributed by atoms with E-state index in [0.717, 1.165) is 36.2 Å². The molecule has 0 aliphatic carbocycles. The molecule has 4 nitrogen and oxygen atoms in total. The van der Waals surface area contributed by atoms with Gasteiger partial charge in [-0.2, -0.15) is 0 Å². The van der Waals surface area contributed by atoms with E-state index in [1.165, 1.54) is 17.7 Å². The van der Waals surface area contributed by atoms with Crippen molar-refractivity contribution in [3.05, 3.63) is 15.6 Å². The summed E-state index contributed by atoms with van der Waals surface area (Å²) in [4.78, 5) is 10.0. The van der Waals surface area contributed by atoms with E-state index in [1.807, 2.05) is 7.05 Å². The van der Waals surface area contributed by atoms with Crippen molar-refractivity contribution in [2.75, 3.05) is 20.1 Å². The molecule has 0 atom stereocenters. The molecular formula is C13H25IN4S. The van der Waals surface area contributed by atoms with Gasteiger partial charge in [0.25, 0.3) is 0 Å². The summed E-state index contributed by atoms with van der Waals surface area (Å²) < 4.78 is 0. The Kier molecular flexibility index (Phi) is 10.2. The van der Waals surface area contributed by atoms with Gasteiger partial charge in [-0.1, -0.05) is 13.3 Å². The Morgan fingerprint density at radius 2 is 1.95 bits per heavy atom. The number of aliphatic imine (C=N–C) groups is 1. The van der Waals surface area contributed by atoms with E-state index in [1.54, 1.807) is 11.3 Å². The van der Waals surface area contributed by atoms with Gasteiger partial charge in [-0.05, 0) is 20.3 Å². The third-order valence-corrected chi connectivity index (χ3v) is 3.82. The minimum atomic E-state index is 0. The maximum absolute atomic E-state index is 4.43. The maximum Gasteiger partial charge on any atom is 0.190 e. The van der Waals surface area contributed by atoms with Crippen molar-refractivity contribution in [2.45, 2.75) is 40.0 Å². The van der Waals surface area contributed by atoms with Crippen LogP contribution in [0, 0.1) is 13.8 Å². The lowest BCUT2D eigenvalue weighted by molar-refractivity contribution is 0.727. The Morgan fingerprint density at radius 1 is 1.26 bits per heavy atom. The molecule has 0 aromatic carbocycles. The summed E-state index contributed by atoms with van der Waals surface area (Å²) in [6.45, 7) is 8.20. The predicted octanol–water partition coefficient (Wildman–Crippen LogP) is 2.89. The summed E-state index contributed by atoms with van der Waals surface area (Å²) in [6, 6.07) is 0. The Hall–Kier alpha value is -0.370. The van der Waals surface area contributed by atoms with Crippen LogP contribution in [-0.4, -0.2) is 31.1 Å². The van der Waals surface area contributed by atoms with Crippen LogP contribution >= 0.6 is 35.3 Å². The molecule has 0 radical (unpaired) electrons. The van der Waals surface area contributed by atoms with Gasteiger partial charge < -0.3 is 10.6 Å². The fraction of sp³-hybridized carbons (Fsp3) is 0.692. The molecule has 1 heterocycles. The van der Waals surface area contributed by atoms with Crippen LogP contribution in [0.4, 0.5) is 0 Å². The van der Waals surface area contributed by atoms with Gasteiger partial charge in [0, 0.05) is 31.4 Å². The van der Waals surface area contributed by atoms with E-state index in [4.69, 9.17) is 0 Å². The maximum atomic E-state index is 4.43. The molecule has 19 heavy (non-hydrogen) atoms. The molecule has 1 aromatic rings. The lowest BCUT2D eigenvalue weighted by atomic mass is 10.3. The molecule has 0 spiro atoms. The molecule has 0 unspecified atom stereocenters. The third kappa shape index (κ3) is 7.10. The molecule has 0 aliphatic heterocycles. The number of thiazole rings is 1. The highest BCUT2D eigenvalue weighted by atomic mass is 127. The first-order valence-corrected chi connectivity index (χ1v) is 7.36. The summed E-state index contributed by atoms with van der Waals surface area (Å²) >= 11 is 1.78. The summed E-state index contributed by atoms with van der Waals surface area (Å²) in [5.74, 6) is 0.891.